The molecule has 4 aliphatic carbocycles. The molecule has 0 bridgehead atoms. The first-order valence-electron chi connectivity index (χ1n) is 11.6. The maximum atomic E-state index is 13.0. The van der Waals surface area contributed by atoms with E-state index in [-0.39, 0.29) is 22.6 Å². The van der Waals surface area contributed by atoms with Gasteiger partial charge in [0.05, 0.1) is 5.71 Å². The van der Waals surface area contributed by atoms with Crippen LogP contribution in [0.25, 0.3) is 0 Å². The van der Waals surface area contributed by atoms with Gasteiger partial charge in [-0.3, -0.25) is 9.59 Å². The van der Waals surface area contributed by atoms with Gasteiger partial charge in [0.1, 0.15) is 0 Å². The molecule has 0 amide bonds. The zero-order chi connectivity index (χ0) is 22.1. The van der Waals surface area contributed by atoms with Gasteiger partial charge in [0.15, 0.2) is 11.4 Å². The SMILES string of the molecule is CC(=O)O[C@]1(C(C)=O)C[C@@H](C)[C@H]2[C@@H]3C[C@H](C)C4=C/C(=N/O)CC[C@]4(C)[C@H]3CC[C@@]21C. The summed E-state index contributed by atoms with van der Waals surface area (Å²) in [5.74, 6) is 1.85. The number of Topliss-reactive ketones (excluding diaryl/α,β-unsaturated/α-hetero) is 1. The van der Waals surface area contributed by atoms with Gasteiger partial charge in [0.25, 0.3) is 0 Å². The van der Waals surface area contributed by atoms with E-state index in [0.29, 0.717) is 36.0 Å². The van der Waals surface area contributed by atoms with Gasteiger partial charge in [-0.15, -0.1) is 0 Å². The summed E-state index contributed by atoms with van der Waals surface area (Å²) >= 11 is 0. The molecule has 0 unspecified atom stereocenters. The Hall–Kier alpha value is -1.65. The van der Waals surface area contributed by atoms with Crippen LogP contribution in [0, 0.1) is 40.4 Å². The van der Waals surface area contributed by atoms with E-state index in [1.54, 1.807) is 6.92 Å². The molecular formula is C25H37NO4. The first-order chi connectivity index (χ1) is 14.0. The highest BCUT2D eigenvalue weighted by Crippen LogP contribution is 2.70. The normalized spacial score (nSPS) is 48.9. The molecule has 0 aromatic rings. The Kier molecular flexibility index (Phi) is 4.98. The zero-order valence-electron chi connectivity index (χ0n) is 19.3. The Morgan fingerprint density at radius 2 is 1.90 bits per heavy atom. The molecular weight excluding hydrogens is 378 g/mol. The molecule has 0 radical (unpaired) electrons. The number of nitrogens with zero attached hydrogens (tertiary/aromatic N) is 1. The third kappa shape index (κ3) is 2.69. The van der Waals surface area contributed by atoms with Gasteiger partial charge >= 0.3 is 5.97 Å². The number of allylic oxidation sites excluding steroid dienone is 2. The minimum atomic E-state index is -0.989. The van der Waals surface area contributed by atoms with E-state index in [2.05, 4.69) is 38.9 Å². The van der Waals surface area contributed by atoms with Crippen LogP contribution in [0.4, 0.5) is 0 Å². The highest BCUT2D eigenvalue weighted by atomic mass is 16.6. The molecule has 3 saturated carbocycles. The van der Waals surface area contributed by atoms with Crippen molar-refractivity contribution in [1.82, 2.24) is 0 Å². The zero-order valence-corrected chi connectivity index (χ0v) is 19.3. The molecule has 8 atom stereocenters. The van der Waals surface area contributed by atoms with Crippen LogP contribution < -0.4 is 0 Å². The van der Waals surface area contributed by atoms with Gasteiger partial charge in [-0.05, 0) is 86.5 Å². The number of fused-ring (bicyclic) bond motifs is 5. The number of hydrogen-bond donors (Lipinski definition) is 1. The quantitative estimate of drug-likeness (QED) is 0.384. The van der Waals surface area contributed by atoms with Crippen LogP contribution in [0.15, 0.2) is 16.8 Å². The lowest BCUT2D eigenvalue weighted by molar-refractivity contribution is -0.187. The molecule has 0 heterocycles. The van der Waals surface area contributed by atoms with Gasteiger partial charge in [-0.2, -0.15) is 0 Å². The van der Waals surface area contributed by atoms with Gasteiger partial charge < -0.3 is 9.94 Å². The van der Waals surface area contributed by atoms with Crippen molar-refractivity contribution < 1.29 is 19.5 Å². The van der Waals surface area contributed by atoms with E-state index in [4.69, 9.17) is 4.74 Å². The number of hydrogen-bond acceptors (Lipinski definition) is 5. The predicted octanol–water partition coefficient (Wildman–Crippen LogP) is 5.16. The minimum Gasteiger partial charge on any atom is -0.451 e. The molecule has 30 heavy (non-hydrogen) atoms. The average Bonchev–Trinajstić information content (AvgIpc) is 2.89. The molecule has 5 nitrogen and oxygen atoms in total. The van der Waals surface area contributed by atoms with Crippen molar-refractivity contribution in [3.63, 3.8) is 0 Å². The monoisotopic (exact) mass is 415 g/mol. The lowest BCUT2D eigenvalue weighted by atomic mass is 9.44. The van der Waals surface area contributed by atoms with Crippen molar-refractivity contribution in [3.05, 3.63) is 11.6 Å². The molecule has 166 valence electrons. The van der Waals surface area contributed by atoms with Crippen molar-refractivity contribution in [2.45, 2.75) is 85.7 Å². The Bertz CT molecular complexity index is 831. The fourth-order valence-electron chi connectivity index (χ4n) is 8.68. The molecule has 4 rings (SSSR count). The first kappa shape index (κ1) is 21.6. The van der Waals surface area contributed by atoms with Crippen molar-refractivity contribution in [2.24, 2.45) is 45.6 Å². The number of esters is 1. The Labute approximate surface area is 180 Å². The number of ketones is 1. The summed E-state index contributed by atoms with van der Waals surface area (Å²) in [6.07, 6.45) is 7.67. The van der Waals surface area contributed by atoms with Crippen LogP contribution in [-0.4, -0.2) is 28.3 Å². The van der Waals surface area contributed by atoms with Gasteiger partial charge in [-0.25, -0.2) is 0 Å². The standard InChI is InChI=1S/C25H37NO4/c1-14-11-19-20(23(5)9-7-18(26-29)12-21(14)23)8-10-24(6)22(19)15(2)13-25(24,16(3)27)30-17(4)28/h12,14-15,19-20,22,29H,7-11,13H2,1-6H3/b26-18+/t14-,15+,19+,20-,22-,23+,24-,25-/m0/s1. The van der Waals surface area contributed by atoms with Gasteiger partial charge in [0.2, 0.25) is 0 Å². The predicted molar refractivity (Wildman–Crippen MR) is 115 cm³/mol. The van der Waals surface area contributed by atoms with E-state index in [9.17, 15) is 14.8 Å². The Morgan fingerprint density at radius 3 is 2.50 bits per heavy atom. The molecule has 4 aliphatic rings. The van der Waals surface area contributed by atoms with E-state index in [1.165, 1.54) is 12.5 Å². The summed E-state index contributed by atoms with van der Waals surface area (Å²) in [4.78, 5) is 25.0. The molecule has 1 N–H and O–H groups in total. The van der Waals surface area contributed by atoms with Crippen molar-refractivity contribution in [3.8, 4) is 0 Å². The largest absolute Gasteiger partial charge is 0.451 e. The number of oxime groups is 1. The van der Waals surface area contributed by atoms with Crippen LogP contribution >= 0.6 is 0 Å². The molecule has 3 fully saturated rings. The Balaban J connectivity index is 1.77. The highest BCUT2D eigenvalue weighted by molar-refractivity contribution is 5.96. The fourth-order valence-corrected chi connectivity index (χ4v) is 8.68. The molecule has 0 aromatic carbocycles. The van der Waals surface area contributed by atoms with Crippen LogP contribution in [0.2, 0.25) is 0 Å². The number of carbonyl (C=O) groups excluding carboxylic acids is 2. The maximum absolute atomic E-state index is 13.0. The second-order valence-corrected chi connectivity index (χ2v) is 11.2. The fraction of sp³-hybridized carbons (Fsp3) is 0.800. The number of carbonyl (C=O) groups is 2. The highest BCUT2D eigenvalue weighted by Gasteiger charge is 2.70. The van der Waals surface area contributed by atoms with Crippen LogP contribution in [0.1, 0.15) is 80.1 Å². The maximum Gasteiger partial charge on any atom is 0.303 e. The molecule has 0 aromatic heterocycles. The first-order valence-corrected chi connectivity index (χ1v) is 11.6. The summed E-state index contributed by atoms with van der Waals surface area (Å²) in [6.45, 7) is 12.2. The lowest BCUT2D eigenvalue weighted by Gasteiger charge is -2.61. The summed E-state index contributed by atoms with van der Waals surface area (Å²) in [6, 6.07) is 0. The van der Waals surface area contributed by atoms with Crippen molar-refractivity contribution in [1.29, 1.82) is 0 Å². The summed E-state index contributed by atoms with van der Waals surface area (Å²) in [5, 5.41) is 12.8. The summed E-state index contributed by atoms with van der Waals surface area (Å²) in [5.41, 5.74) is 1.05. The van der Waals surface area contributed by atoms with Crippen LogP contribution in [0.3, 0.4) is 0 Å². The topological polar surface area (TPSA) is 76.0 Å². The van der Waals surface area contributed by atoms with E-state index < -0.39 is 5.60 Å². The van der Waals surface area contributed by atoms with Crippen LogP contribution in [-0.2, 0) is 14.3 Å². The molecule has 0 aliphatic heterocycles. The second kappa shape index (κ2) is 6.93. The second-order valence-electron chi connectivity index (χ2n) is 11.2. The molecule has 0 saturated heterocycles. The summed E-state index contributed by atoms with van der Waals surface area (Å²) < 4.78 is 5.93. The smallest absolute Gasteiger partial charge is 0.303 e. The third-order valence-corrected chi connectivity index (χ3v) is 9.71. The van der Waals surface area contributed by atoms with Crippen LogP contribution in [0.5, 0.6) is 0 Å². The molecule has 0 spiro atoms. The minimum absolute atomic E-state index is 0.00474. The molecule has 5 heteroatoms. The summed E-state index contributed by atoms with van der Waals surface area (Å²) in [7, 11) is 0. The van der Waals surface area contributed by atoms with Gasteiger partial charge in [0, 0.05) is 12.3 Å². The van der Waals surface area contributed by atoms with Gasteiger partial charge in [-0.1, -0.05) is 38.4 Å². The lowest BCUT2D eigenvalue weighted by Crippen LogP contribution is -2.59. The third-order valence-electron chi connectivity index (χ3n) is 9.71. The van der Waals surface area contributed by atoms with E-state index in [0.717, 1.165) is 37.8 Å². The van der Waals surface area contributed by atoms with Crippen molar-refractivity contribution in [2.75, 3.05) is 0 Å². The Morgan fingerprint density at radius 1 is 1.20 bits per heavy atom. The number of ether oxygens (including phenoxy) is 1. The van der Waals surface area contributed by atoms with Crippen molar-refractivity contribution >= 4 is 17.5 Å². The van der Waals surface area contributed by atoms with E-state index >= 15 is 0 Å². The number of rotatable bonds is 2. The van der Waals surface area contributed by atoms with E-state index in [1.807, 2.05) is 0 Å². The average molecular weight is 416 g/mol.